The van der Waals surface area contributed by atoms with E-state index in [1.54, 1.807) is 6.20 Å². The van der Waals surface area contributed by atoms with E-state index in [0.717, 1.165) is 13.1 Å². The molecule has 1 fully saturated rings. The minimum atomic E-state index is 0.256. The molecule has 64 valence electrons. The number of hydrogen-bond donors (Lipinski definition) is 1. The molecule has 1 aliphatic heterocycles. The molecule has 1 aliphatic rings. The van der Waals surface area contributed by atoms with Gasteiger partial charge in [-0.25, -0.2) is 4.98 Å². The average Bonchev–Trinajstić information content (AvgIpc) is 2.00. The van der Waals surface area contributed by atoms with Gasteiger partial charge < -0.3 is 10.1 Å². The maximum Gasteiger partial charge on any atom is 0.171 e. The Morgan fingerprint density at radius 1 is 1.58 bits per heavy atom. The van der Waals surface area contributed by atoms with Crippen molar-refractivity contribution >= 4 is 11.6 Å². The lowest BCUT2D eigenvalue weighted by atomic mass is 10.2. The minimum absolute atomic E-state index is 0.256. The summed E-state index contributed by atoms with van der Waals surface area (Å²) in [7, 11) is 0. The largest absolute Gasteiger partial charge is 0.485 e. The maximum atomic E-state index is 5.79. The highest BCUT2D eigenvalue weighted by atomic mass is 35.5. The van der Waals surface area contributed by atoms with Crippen LogP contribution in [-0.4, -0.2) is 24.2 Å². The fourth-order valence-corrected chi connectivity index (χ4v) is 1.15. The molecule has 0 amide bonds. The van der Waals surface area contributed by atoms with Gasteiger partial charge in [0.1, 0.15) is 6.10 Å². The Balaban J connectivity index is 2.06. The first-order valence-corrected chi connectivity index (χ1v) is 4.22. The molecule has 4 heteroatoms. The molecular weight excluding hydrogens is 176 g/mol. The van der Waals surface area contributed by atoms with Crippen LogP contribution in [0.1, 0.15) is 0 Å². The van der Waals surface area contributed by atoms with Crippen molar-refractivity contribution in [2.24, 2.45) is 0 Å². The van der Waals surface area contributed by atoms with Crippen molar-refractivity contribution in [3.05, 3.63) is 23.5 Å². The van der Waals surface area contributed by atoms with Gasteiger partial charge in [0.15, 0.2) is 10.9 Å². The van der Waals surface area contributed by atoms with Gasteiger partial charge >= 0.3 is 0 Å². The predicted octanol–water partition coefficient (Wildman–Crippen LogP) is 1.09. The molecule has 2 rings (SSSR count). The fraction of sp³-hybridized carbons (Fsp3) is 0.375. The molecule has 0 bridgehead atoms. The zero-order chi connectivity index (χ0) is 8.39. The van der Waals surface area contributed by atoms with E-state index in [-0.39, 0.29) is 6.10 Å². The van der Waals surface area contributed by atoms with E-state index in [1.165, 1.54) is 0 Å². The number of ether oxygens (including phenoxy) is 1. The summed E-state index contributed by atoms with van der Waals surface area (Å²) in [5.41, 5.74) is 0. The first-order chi connectivity index (χ1) is 5.86. The summed E-state index contributed by atoms with van der Waals surface area (Å²) < 4.78 is 5.52. The predicted molar refractivity (Wildman–Crippen MR) is 46.5 cm³/mol. The molecule has 12 heavy (non-hydrogen) atoms. The summed E-state index contributed by atoms with van der Waals surface area (Å²) in [5.74, 6) is 0.672. The standard InChI is InChI=1S/C8H9ClN2O/c9-8-7(2-1-3-11-8)12-6-4-10-5-6/h1-3,6,10H,4-5H2. The van der Waals surface area contributed by atoms with E-state index in [2.05, 4.69) is 10.3 Å². The highest BCUT2D eigenvalue weighted by Gasteiger charge is 2.19. The van der Waals surface area contributed by atoms with Crippen LogP contribution in [-0.2, 0) is 0 Å². The summed E-state index contributed by atoms with van der Waals surface area (Å²) in [6.45, 7) is 1.79. The van der Waals surface area contributed by atoms with Crippen LogP contribution in [0.25, 0.3) is 0 Å². The van der Waals surface area contributed by atoms with Gasteiger partial charge in [-0.2, -0.15) is 0 Å². The third-order valence-corrected chi connectivity index (χ3v) is 2.05. The number of pyridine rings is 1. The van der Waals surface area contributed by atoms with Crippen molar-refractivity contribution in [1.29, 1.82) is 0 Å². The van der Waals surface area contributed by atoms with E-state index in [9.17, 15) is 0 Å². The molecule has 1 saturated heterocycles. The summed E-state index contributed by atoms with van der Waals surface area (Å²) >= 11 is 5.79. The lowest BCUT2D eigenvalue weighted by molar-refractivity contribution is 0.142. The van der Waals surface area contributed by atoms with E-state index in [0.29, 0.717) is 10.9 Å². The zero-order valence-corrected chi connectivity index (χ0v) is 7.21. The number of halogens is 1. The van der Waals surface area contributed by atoms with Crippen LogP contribution >= 0.6 is 11.6 Å². The second kappa shape index (κ2) is 3.29. The Morgan fingerprint density at radius 2 is 2.42 bits per heavy atom. The second-order valence-electron chi connectivity index (χ2n) is 2.69. The van der Waals surface area contributed by atoms with Crippen LogP contribution in [0.5, 0.6) is 5.75 Å². The molecule has 0 saturated carbocycles. The molecule has 0 radical (unpaired) electrons. The summed E-state index contributed by atoms with van der Waals surface area (Å²) in [6.07, 6.45) is 1.90. The first kappa shape index (κ1) is 7.83. The van der Waals surface area contributed by atoms with Crippen molar-refractivity contribution in [3.63, 3.8) is 0 Å². The molecular formula is C8H9ClN2O. The molecule has 1 aromatic heterocycles. The van der Waals surface area contributed by atoms with Crippen LogP contribution in [0, 0.1) is 0 Å². The molecule has 0 unspecified atom stereocenters. The molecule has 1 aromatic rings. The van der Waals surface area contributed by atoms with E-state index in [4.69, 9.17) is 16.3 Å². The Morgan fingerprint density at radius 3 is 3.00 bits per heavy atom. The van der Waals surface area contributed by atoms with Crippen LogP contribution < -0.4 is 10.1 Å². The lowest BCUT2D eigenvalue weighted by Gasteiger charge is -2.27. The topological polar surface area (TPSA) is 34.1 Å². The zero-order valence-electron chi connectivity index (χ0n) is 6.46. The molecule has 1 N–H and O–H groups in total. The van der Waals surface area contributed by atoms with Gasteiger partial charge in [-0.3, -0.25) is 0 Å². The van der Waals surface area contributed by atoms with Gasteiger partial charge in [-0.05, 0) is 12.1 Å². The smallest absolute Gasteiger partial charge is 0.171 e. The molecule has 0 aliphatic carbocycles. The quantitative estimate of drug-likeness (QED) is 0.699. The Hall–Kier alpha value is -0.800. The average molecular weight is 185 g/mol. The normalized spacial score (nSPS) is 17.1. The maximum absolute atomic E-state index is 5.79. The van der Waals surface area contributed by atoms with Crippen LogP contribution in [0.2, 0.25) is 5.15 Å². The van der Waals surface area contributed by atoms with Crippen molar-refractivity contribution in [2.45, 2.75) is 6.10 Å². The molecule has 0 spiro atoms. The fourth-order valence-electron chi connectivity index (χ4n) is 0.984. The minimum Gasteiger partial charge on any atom is -0.485 e. The lowest BCUT2D eigenvalue weighted by Crippen LogP contribution is -2.50. The van der Waals surface area contributed by atoms with Gasteiger partial charge in [0.05, 0.1) is 0 Å². The van der Waals surface area contributed by atoms with Crippen molar-refractivity contribution in [1.82, 2.24) is 10.3 Å². The van der Waals surface area contributed by atoms with Crippen LogP contribution in [0.15, 0.2) is 18.3 Å². The second-order valence-corrected chi connectivity index (χ2v) is 3.05. The van der Waals surface area contributed by atoms with Crippen molar-refractivity contribution < 1.29 is 4.74 Å². The van der Waals surface area contributed by atoms with Crippen molar-refractivity contribution in [3.8, 4) is 5.75 Å². The number of rotatable bonds is 2. The van der Waals surface area contributed by atoms with Crippen LogP contribution in [0.3, 0.4) is 0 Å². The highest BCUT2D eigenvalue weighted by molar-refractivity contribution is 6.30. The third kappa shape index (κ3) is 1.52. The summed E-state index contributed by atoms with van der Waals surface area (Å²) in [6, 6.07) is 3.64. The SMILES string of the molecule is Clc1ncccc1OC1CNC1. The molecule has 3 nitrogen and oxygen atoms in total. The number of nitrogens with zero attached hydrogens (tertiary/aromatic N) is 1. The highest BCUT2D eigenvalue weighted by Crippen LogP contribution is 2.22. The van der Waals surface area contributed by atoms with E-state index >= 15 is 0 Å². The molecule has 0 atom stereocenters. The first-order valence-electron chi connectivity index (χ1n) is 3.84. The molecule has 0 aromatic carbocycles. The Labute approximate surface area is 75.7 Å². The Kier molecular flexibility index (Phi) is 2.15. The van der Waals surface area contributed by atoms with E-state index < -0.39 is 0 Å². The number of nitrogens with one attached hydrogen (secondary N) is 1. The molecule has 2 heterocycles. The van der Waals surface area contributed by atoms with Crippen molar-refractivity contribution in [2.75, 3.05) is 13.1 Å². The third-order valence-electron chi connectivity index (χ3n) is 1.76. The Bertz CT molecular complexity index is 276. The van der Waals surface area contributed by atoms with Gasteiger partial charge in [-0.15, -0.1) is 0 Å². The monoisotopic (exact) mass is 184 g/mol. The number of hydrogen-bond acceptors (Lipinski definition) is 3. The van der Waals surface area contributed by atoms with Gasteiger partial charge in [0.2, 0.25) is 0 Å². The summed E-state index contributed by atoms with van der Waals surface area (Å²) in [5, 5.41) is 3.55. The van der Waals surface area contributed by atoms with Gasteiger partial charge in [-0.1, -0.05) is 11.6 Å². The van der Waals surface area contributed by atoms with Gasteiger partial charge in [0, 0.05) is 19.3 Å². The van der Waals surface area contributed by atoms with E-state index in [1.807, 2.05) is 12.1 Å². The van der Waals surface area contributed by atoms with Crippen LogP contribution in [0.4, 0.5) is 0 Å². The number of aromatic nitrogens is 1. The van der Waals surface area contributed by atoms with Gasteiger partial charge in [0.25, 0.3) is 0 Å². The summed E-state index contributed by atoms with van der Waals surface area (Å²) in [4.78, 5) is 3.91.